The van der Waals surface area contributed by atoms with Crippen LogP contribution in [0.2, 0.25) is 0 Å². The van der Waals surface area contributed by atoms with Gasteiger partial charge >= 0.3 is 5.97 Å². The molecule has 3 atom stereocenters. The van der Waals surface area contributed by atoms with Crippen molar-refractivity contribution in [1.82, 2.24) is 0 Å². The molecule has 0 aromatic heterocycles. The van der Waals surface area contributed by atoms with E-state index in [0.29, 0.717) is 11.3 Å². The van der Waals surface area contributed by atoms with E-state index < -0.39 is 30.1 Å². The minimum absolute atomic E-state index is 0.0242. The van der Waals surface area contributed by atoms with Crippen molar-refractivity contribution in [2.24, 2.45) is 0 Å². The standard InChI is InChI=1S/C19H22O7.C2H6/c1-11-5-3-7-14(20)18(23)15(21)8-4-6-12-9-13(25-2)10-16(22)17(12)19(24)26-11;1-2/h3-4,6-7,9-11,15,18,21-23H,5,8H2,1-2H3;1-2H3/b6-4+,7-3-;/t11-,15-,18+;/m0./s1. The summed E-state index contributed by atoms with van der Waals surface area (Å²) in [5.74, 6) is -1.29. The maximum Gasteiger partial charge on any atom is 0.342 e. The van der Waals surface area contributed by atoms with Crippen LogP contribution < -0.4 is 4.74 Å². The number of fused-ring (bicyclic) bond motifs is 1. The molecular formula is C21H28O7. The Balaban J connectivity index is 0.00000190. The summed E-state index contributed by atoms with van der Waals surface area (Å²) in [7, 11) is 1.42. The molecule has 0 spiro atoms. The van der Waals surface area contributed by atoms with Crippen molar-refractivity contribution in [3.05, 3.63) is 41.5 Å². The molecule has 3 N–H and O–H groups in total. The number of phenols is 1. The molecule has 0 saturated carbocycles. The van der Waals surface area contributed by atoms with E-state index in [0.717, 1.165) is 6.08 Å². The van der Waals surface area contributed by atoms with Gasteiger partial charge in [-0.1, -0.05) is 32.1 Å². The third-order valence-electron chi connectivity index (χ3n) is 3.95. The average molecular weight is 392 g/mol. The summed E-state index contributed by atoms with van der Waals surface area (Å²) in [5.41, 5.74) is 0.306. The molecule has 0 bridgehead atoms. The van der Waals surface area contributed by atoms with Crippen LogP contribution >= 0.6 is 0 Å². The highest BCUT2D eigenvalue weighted by molar-refractivity contribution is 5.97. The lowest BCUT2D eigenvalue weighted by molar-refractivity contribution is -0.127. The highest BCUT2D eigenvalue weighted by Gasteiger charge is 2.23. The number of carbonyl (C=O) groups excluding carboxylic acids is 2. The van der Waals surface area contributed by atoms with E-state index in [1.165, 1.54) is 37.5 Å². The maximum atomic E-state index is 12.4. The zero-order valence-corrected chi connectivity index (χ0v) is 16.6. The molecule has 1 heterocycles. The van der Waals surface area contributed by atoms with Gasteiger partial charge < -0.3 is 24.8 Å². The Morgan fingerprint density at radius 3 is 2.36 bits per heavy atom. The number of aliphatic hydroxyl groups excluding tert-OH is 2. The zero-order chi connectivity index (χ0) is 21.3. The van der Waals surface area contributed by atoms with Crippen LogP contribution in [0.25, 0.3) is 6.08 Å². The number of ketones is 1. The van der Waals surface area contributed by atoms with Gasteiger partial charge in [-0.25, -0.2) is 4.79 Å². The van der Waals surface area contributed by atoms with Gasteiger partial charge in [0.2, 0.25) is 0 Å². The van der Waals surface area contributed by atoms with E-state index in [-0.39, 0.29) is 24.2 Å². The molecule has 28 heavy (non-hydrogen) atoms. The first kappa shape index (κ1) is 23.4. The number of aromatic hydroxyl groups is 1. The van der Waals surface area contributed by atoms with Gasteiger partial charge in [-0.15, -0.1) is 0 Å². The Hall–Kier alpha value is -2.64. The molecule has 1 aliphatic heterocycles. The van der Waals surface area contributed by atoms with Crippen molar-refractivity contribution in [3.8, 4) is 11.5 Å². The van der Waals surface area contributed by atoms with Gasteiger partial charge in [0.15, 0.2) is 5.78 Å². The summed E-state index contributed by atoms with van der Waals surface area (Å²) >= 11 is 0. The number of esters is 1. The van der Waals surface area contributed by atoms with Crippen LogP contribution in [0.1, 0.15) is 49.5 Å². The van der Waals surface area contributed by atoms with Crippen molar-refractivity contribution < 1.29 is 34.4 Å². The highest BCUT2D eigenvalue weighted by Crippen LogP contribution is 2.30. The molecule has 0 fully saturated rings. The van der Waals surface area contributed by atoms with E-state index in [4.69, 9.17) is 9.47 Å². The monoisotopic (exact) mass is 392 g/mol. The van der Waals surface area contributed by atoms with Crippen LogP contribution in [0, 0.1) is 0 Å². The smallest absolute Gasteiger partial charge is 0.342 e. The Morgan fingerprint density at radius 1 is 1.07 bits per heavy atom. The zero-order valence-electron chi connectivity index (χ0n) is 16.6. The molecule has 2 rings (SSSR count). The second-order valence-corrected chi connectivity index (χ2v) is 6.02. The van der Waals surface area contributed by atoms with E-state index in [2.05, 4.69) is 0 Å². The van der Waals surface area contributed by atoms with E-state index in [9.17, 15) is 24.9 Å². The van der Waals surface area contributed by atoms with Crippen LogP contribution in [0.4, 0.5) is 0 Å². The second kappa shape index (κ2) is 11.3. The Morgan fingerprint density at radius 2 is 1.71 bits per heavy atom. The van der Waals surface area contributed by atoms with E-state index >= 15 is 0 Å². The molecular weight excluding hydrogens is 364 g/mol. The number of carbonyl (C=O) groups is 2. The topological polar surface area (TPSA) is 113 Å². The first-order valence-electron chi connectivity index (χ1n) is 9.18. The Labute approximate surface area is 164 Å². The fourth-order valence-electron chi connectivity index (χ4n) is 2.51. The van der Waals surface area contributed by atoms with Crippen LogP contribution in [-0.4, -0.2) is 52.5 Å². The van der Waals surface area contributed by atoms with Gasteiger partial charge in [-0.3, -0.25) is 4.79 Å². The van der Waals surface area contributed by atoms with Crippen LogP contribution in [0.3, 0.4) is 0 Å². The van der Waals surface area contributed by atoms with Crippen LogP contribution in [-0.2, 0) is 9.53 Å². The minimum Gasteiger partial charge on any atom is -0.507 e. The van der Waals surface area contributed by atoms with Gasteiger partial charge in [-0.05, 0) is 31.1 Å². The molecule has 0 saturated heterocycles. The summed E-state index contributed by atoms with van der Waals surface area (Å²) in [4.78, 5) is 24.3. The fourth-order valence-corrected chi connectivity index (χ4v) is 2.51. The van der Waals surface area contributed by atoms with E-state index in [1.807, 2.05) is 13.8 Å². The lowest BCUT2D eigenvalue weighted by Crippen LogP contribution is -2.32. The minimum atomic E-state index is -1.55. The number of ether oxygens (including phenoxy) is 2. The summed E-state index contributed by atoms with van der Waals surface area (Å²) < 4.78 is 10.4. The first-order valence-corrected chi connectivity index (χ1v) is 9.18. The van der Waals surface area contributed by atoms with Gasteiger partial charge in [0, 0.05) is 12.5 Å². The van der Waals surface area contributed by atoms with Crippen molar-refractivity contribution in [2.75, 3.05) is 7.11 Å². The van der Waals surface area contributed by atoms with Gasteiger partial charge in [0.25, 0.3) is 0 Å². The largest absolute Gasteiger partial charge is 0.507 e. The quantitative estimate of drug-likeness (QED) is 0.630. The molecule has 0 amide bonds. The third-order valence-corrected chi connectivity index (χ3v) is 3.95. The average Bonchev–Trinajstić information content (AvgIpc) is 2.67. The SMILES string of the molecule is CC.COc1cc(O)c2c(c1)/C=C/C[C@H](O)[C@H](O)C(=O)/C=C\C[C@H](C)OC2=O. The number of benzene rings is 1. The fraction of sp³-hybridized carbons (Fsp3) is 0.429. The first-order chi connectivity index (χ1) is 13.3. The lowest BCUT2D eigenvalue weighted by atomic mass is 10.0. The maximum absolute atomic E-state index is 12.4. The molecule has 7 heteroatoms. The van der Waals surface area contributed by atoms with Gasteiger partial charge in [0.1, 0.15) is 29.3 Å². The third kappa shape index (κ3) is 6.21. The normalized spacial score (nSPS) is 25.3. The number of hydrogen-bond acceptors (Lipinski definition) is 7. The molecule has 0 unspecified atom stereocenters. The van der Waals surface area contributed by atoms with Crippen LogP contribution in [0.5, 0.6) is 11.5 Å². The van der Waals surface area contributed by atoms with Crippen molar-refractivity contribution in [2.45, 2.75) is 51.9 Å². The summed E-state index contributed by atoms with van der Waals surface area (Å²) in [6.07, 6.45) is 2.42. The van der Waals surface area contributed by atoms with Crippen molar-refractivity contribution in [3.63, 3.8) is 0 Å². The lowest BCUT2D eigenvalue weighted by Gasteiger charge is -2.16. The van der Waals surface area contributed by atoms with Gasteiger partial charge in [0.05, 0.1) is 13.2 Å². The number of phenolic OH excluding ortho intramolecular Hbond substituents is 1. The van der Waals surface area contributed by atoms with Crippen molar-refractivity contribution in [1.29, 1.82) is 0 Å². The second-order valence-electron chi connectivity index (χ2n) is 6.02. The summed E-state index contributed by atoms with van der Waals surface area (Å²) in [5, 5.41) is 30.0. The van der Waals surface area contributed by atoms with Crippen molar-refractivity contribution >= 4 is 17.8 Å². The molecule has 1 aromatic carbocycles. The molecule has 0 aliphatic carbocycles. The predicted molar refractivity (Wildman–Crippen MR) is 105 cm³/mol. The number of rotatable bonds is 1. The molecule has 1 aliphatic rings. The summed E-state index contributed by atoms with van der Waals surface area (Å²) in [6.45, 7) is 5.64. The summed E-state index contributed by atoms with van der Waals surface area (Å²) in [6, 6.07) is 2.84. The number of cyclic esters (lactones) is 1. The van der Waals surface area contributed by atoms with Crippen LogP contribution in [0.15, 0.2) is 30.4 Å². The number of hydrogen-bond donors (Lipinski definition) is 3. The molecule has 0 radical (unpaired) electrons. The predicted octanol–water partition coefficient (Wildman–Crippen LogP) is 2.63. The molecule has 154 valence electrons. The van der Waals surface area contributed by atoms with E-state index in [1.54, 1.807) is 6.92 Å². The highest BCUT2D eigenvalue weighted by atomic mass is 16.5. The number of methoxy groups -OCH3 is 1. The molecule has 1 aromatic rings. The van der Waals surface area contributed by atoms with Gasteiger partial charge in [-0.2, -0.15) is 0 Å². The Kier molecular flexibility index (Phi) is 9.41. The molecule has 7 nitrogen and oxygen atoms in total. The Bertz CT molecular complexity index is 737. The number of aliphatic hydroxyl groups is 2.